The van der Waals surface area contributed by atoms with Gasteiger partial charge in [-0.2, -0.15) is 0 Å². The van der Waals surface area contributed by atoms with Gasteiger partial charge in [0.2, 0.25) is 0 Å². The average molecular weight is 383 g/mol. The number of rotatable bonds is 3. The number of hydrogen-bond acceptors (Lipinski definition) is 3. The number of amides is 1. The highest BCUT2D eigenvalue weighted by atomic mass is 35.5. The highest BCUT2D eigenvalue weighted by molar-refractivity contribution is 6.35. The molecule has 0 unspecified atom stereocenters. The summed E-state index contributed by atoms with van der Waals surface area (Å²) < 4.78 is 5.78. The van der Waals surface area contributed by atoms with Gasteiger partial charge >= 0.3 is 0 Å². The van der Waals surface area contributed by atoms with Crippen LogP contribution in [0.25, 0.3) is 22.1 Å². The van der Waals surface area contributed by atoms with Crippen LogP contribution in [-0.2, 0) is 6.42 Å². The lowest BCUT2D eigenvalue weighted by Crippen LogP contribution is -2.47. The highest BCUT2D eigenvalue weighted by Gasteiger charge is 2.20. The SMILES string of the molecule is CCc1cc2cc(-c3ccc(C(=O)N4CCN(C)CC4)cc3)cc(Cl)c2o1. The Morgan fingerprint density at radius 2 is 1.74 bits per heavy atom. The summed E-state index contributed by atoms with van der Waals surface area (Å²) in [7, 11) is 2.09. The van der Waals surface area contributed by atoms with Crippen molar-refractivity contribution in [2.45, 2.75) is 13.3 Å². The lowest BCUT2D eigenvalue weighted by Gasteiger charge is -2.32. The van der Waals surface area contributed by atoms with Gasteiger partial charge in [-0.15, -0.1) is 0 Å². The van der Waals surface area contributed by atoms with E-state index in [1.807, 2.05) is 41.3 Å². The molecular formula is C22H23ClN2O2. The minimum atomic E-state index is 0.102. The Morgan fingerprint density at radius 3 is 2.41 bits per heavy atom. The summed E-state index contributed by atoms with van der Waals surface area (Å²) in [6.45, 7) is 5.47. The Balaban J connectivity index is 1.58. The van der Waals surface area contributed by atoms with Gasteiger partial charge in [0.25, 0.3) is 5.91 Å². The van der Waals surface area contributed by atoms with Crippen molar-refractivity contribution < 1.29 is 9.21 Å². The topological polar surface area (TPSA) is 36.7 Å². The third-order valence-corrected chi connectivity index (χ3v) is 5.51. The van der Waals surface area contributed by atoms with Crippen molar-refractivity contribution >= 4 is 28.5 Å². The fourth-order valence-electron chi connectivity index (χ4n) is 3.50. The van der Waals surface area contributed by atoms with Gasteiger partial charge in [0, 0.05) is 43.5 Å². The zero-order chi connectivity index (χ0) is 19.0. The van der Waals surface area contributed by atoms with E-state index in [4.69, 9.17) is 16.0 Å². The number of carbonyl (C=O) groups excluding carboxylic acids is 1. The van der Waals surface area contributed by atoms with E-state index in [2.05, 4.69) is 24.9 Å². The number of hydrogen-bond donors (Lipinski definition) is 0. The highest BCUT2D eigenvalue weighted by Crippen LogP contribution is 2.33. The van der Waals surface area contributed by atoms with Crippen molar-refractivity contribution in [3.05, 3.63) is 58.8 Å². The molecule has 2 aromatic carbocycles. The number of fused-ring (bicyclic) bond motifs is 1. The lowest BCUT2D eigenvalue weighted by atomic mass is 10.0. The number of aryl methyl sites for hydroxylation is 1. The van der Waals surface area contributed by atoms with E-state index in [1.165, 1.54) is 0 Å². The van der Waals surface area contributed by atoms with Gasteiger partial charge in [-0.25, -0.2) is 0 Å². The van der Waals surface area contributed by atoms with Crippen molar-refractivity contribution in [2.75, 3.05) is 33.2 Å². The third-order valence-electron chi connectivity index (χ3n) is 5.23. The Hall–Kier alpha value is -2.30. The molecule has 1 aliphatic heterocycles. The Kier molecular flexibility index (Phi) is 4.94. The molecule has 1 aromatic heterocycles. The molecule has 0 N–H and O–H groups in total. The molecule has 27 heavy (non-hydrogen) atoms. The van der Waals surface area contributed by atoms with Crippen LogP contribution < -0.4 is 0 Å². The monoisotopic (exact) mass is 382 g/mol. The largest absolute Gasteiger partial charge is 0.460 e. The Labute approximate surface area is 164 Å². The maximum atomic E-state index is 12.7. The minimum absolute atomic E-state index is 0.102. The fraction of sp³-hybridized carbons (Fsp3) is 0.318. The van der Waals surface area contributed by atoms with Crippen molar-refractivity contribution in [1.82, 2.24) is 9.80 Å². The predicted octanol–water partition coefficient (Wildman–Crippen LogP) is 4.70. The van der Waals surface area contributed by atoms with Gasteiger partial charge in [0.15, 0.2) is 5.58 Å². The molecule has 4 nitrogen and oxygen atoms in total. The molecule has 1 saturated heterocycles. The number of furan rings is 1. The van der Waals surface area contributed by atoms with Crippen LogP contribution in [0.1, 0.15) is 23.0 Å². The van der Waals surface area contributed by atoms with Gasteiger partial charge in [-0.05, 0) is 48.5 Å². The summed E-state index contributed by atoms with van der Waals surface area (Å²) in [4.78, 5) is 16.9. The van der Waals surface area contributed by atoms with Gasteiger partial charge in [0.05, 0.1) is 5.02 Å². The first-order valence-electron chi connectivity index (χ1n) is 9.35. The summed E-state index contributed by atoms with van der Waals surface area (Å²) in [6, 6.07) is 13.8. The van der Waals surface area contributed by atoms with Gasteiger partial charge in [0.1, 0.15) is 5.76 Å². The van der Waals surface area contributed by atoms with Crippen LogP contribution in [0.3, 0.4) is 0 Å². The first-order chi connectivity index (χ1) is 13.0. The summed E-state index contributed by atoms with van der Waals surface area (Å²) in [5.74, 6) is 1.03. The quantitative estimate of drug-likeness (QED) is 0.658. The second-order valence-corrected chi connectivity index (χ2v) is 7.52. The molecule has 2 heterocycles. The first kappa shape index (κ1) is 18.1. The smallest absolute Gasteiger partial charge is 0.253 e. The lowest BCUT2D eigenvalue weighted by molar-refractivity contribution is 0.0664. The molecular weight excluding hydrogens is 360 g/mol. The average Bonchev–Trinajstić information content (AvgIpc) is 3.12. The normalized spacial score (nSPS) is 15.4. The number of halogens is 1. The number of nitrogens with zero attached hydrogens (tertiary/aromatic N) is 2. The van der Waals surface area contributed by atoms with Crippen LogP contribution in [-0.4, -0.2) is 48.9 Å². The van der Waals surface area contributed by atoms with E-state index in [-0.39, 0.29) is 5.91 Å². The number of benzene rings is 2. The van der Waals surface area contributed by atoms with Gasteiger partial charge in [-0.1, -0.05) is 30.7 Å². The fourth-order valence-corrected chi connectivity index (χ4v) is 3.77. The Morgan fingerprint density at radius 1 is 1.04 bits per heavy atom. The van der Waals surface area contributed by atoms with Crippen molar-refractivity contribution in [1.29, 1.82) is 0 Å². The molecule has 1 amide bonds. The number of piperazine rings is 1. The zero-order valence-corrected chi connectivity index (χ0v) is 16.4. The van der Waals surface area contributed by atoms with Crippen LogP contribution >= 0.6 is 11.6 Å². The molecule has 0 radical (unpaired) electrons. The molecule has 0 saturated carbocycles. The van der Waals surface area contributed by atoms with E-state index in [0.717, 1.165) is 66.0 Å². The van der Waals surface area contributed by atoms with Crippen molar-refractivity contribution in [2.24, 2.45) is 0 Å². The number of likely N-dealkylation sites (N-methyl/N-ethyl adjacent to an activating group) is 1. The molecule has 5 heteroatoms. The van der Waals surface area contributed by atoms with E-state index in [1.54, 1.807) is 0 Å². The Bertz CT molecular complexity index is 970. The summed E-state index contributed by atoms with van der Waals surface area (Å²) in [6.07, 6.45) is 0.837. The summed E-state index contributed by atoms with van der Waals surface area (Å²) >= 11 is 6.42. The summed E-state index contributed by atoms with van der Waals surface area (Å²) in [5.41, 5.74) is 3.52. The van der Waals surface area contributed by atoms with Crippen molar-refractivity contribution in [3.63, 3.8) is 0 Å². The molecule has 1 aliphatic rings. The molecule has 1 fully saturated rings. The maximum absolute atomic E-state index is 12.7. The maximum Gasteiger partial charge on any atom is 0.253 e. The summed E-state index contributed by atoms with van der Waals surface area (Å²) in [5, 5.41) is 1.62. The second kappa shape index (κ2) is 7.37. The van der Waals surface area contributed by atoms with E-state index < -0.39 is 0 Å². The van der Waals surface area contributed by atoms with Gasteiger partial charge in [-0.3, -0.25) is 4.79 Å². The van der Waals surface area contributed by atoms with Crippen LogP contribution in [0.5, 0.6) is 0 Å². The molecule has 0 aliphatic carbocycles. The molecule has 3 aromatic rings. The molecule has 0 atom stereocenters. The third kappa shape index (κ3) is 3.60. The van der Waals surface area contributed by atoms with E-state index in [9.17, 15) is 4.79 Å². The van der Waals surface area contributed by atoms with E-state index in [0.29, 0.717) is 5.02 Å². The molecule has 4 rings (SSSR count). The minimum Gasteiger partial charge on any atom is -0.460 e. The van der Waals surface area contributed by atoms with Crippen LogP contribution in [0.2, 0.25) is 5.02 Å². The van der Waals surface area contributed by atoms with Gasteiger partial charge < -0.3 is 14.2 Å². The predicted molar refractivity (Wildman–Crippen MR) is 109 cm³/mol. The second-order valence-electron chi connectivity index (χ2n) is 7.12. The molecule has 0 bridgehead atoms. The standard InChI is InChI=1S/C22H23ClN2O2/c1-3-19-13-18-12-17(14-20(23)21(18)27-19)15-4-6-16(7-5-15)22(26)25-10-8-24(2)9-11-25/h4-7,12-14H,3,8-11H2,1-2H3. The number of carbonyl (C=O) groups is 1. The zero-order valence-electron chi connectivity index (χ0n) is 15.7. The van der Waals surface area contributed by atoms with Crippen LogP contribution in [0, 0.1) is 0 Å². The van der Waals surface area contributed by atoms with Crippen LogP contribution in [0.4, 0.5) is 0 Å². The van der Waals surface area contributed by atoms with E-state index >= 15 is 0 Å². The first-order valence-corrected chi connectivity index (χ1v) is 9.73. The molecule has 140 valence electrons. The van der Waals surface area contributed by atoms with Crippen LogP contribution in [0.15, 0.2) is 46.9 Å². The molecule has 0 spiro atoms. The van der Waals surface area contributed by atoms with Crippen molar-refractivity contribution in [3.8, 4) is 11.1 Å².